The first kappa shape index (κ1) is 21.6. The van der Waals surface area contributed by atoms with Gasteiger partial charge >= 0.3 is 0 Å². The van der Waals surface area contributed by atoms with Gasteiger partial charge in [0.2, 0.25) is 0 Å². The minimum atomic E-state index is -0.0148. The number of amides is 1. The molecule has 1 saturated heterocycles. The molecule has 4 nitrogen and oxygen atoms in total. The number of hydrogen-bond acceptors (Lipinski definition) is 4. The maximum atomic E-state index is 13.0. The van der Waals surface area contributed by atoms with Crippen LogP contribution in [-0.4, -0.2) is 36.5 Å². The Morgan fingerprint density at radius 1 is 1.03 bits per heavy atom. The first-order valence-corrected chi connectivity index (χ1v) is 11.8. The Balaban J connectivity index is 1.38. The van der Waals surface area contributed by atoms with Gasteiger partial charge in [-0.2, -0.15) is 0 Å². The maximum absolute atomic E-state index is 13.0. The summed E-state index contributed by atoms with van der Waals surface area (Å²) in [5.41, 5.74) is 5.02. The van der Waals surface area contributed by atoms with E-state index in [1.165, 1.54) is 27.3 Å². The molecule has 2 heterocycles. The summed E-state index contributed by atoms with van der Waals surface area (Å²) in [4.78, 5) is 18.6. The van der Waals surface area contributed by atoms with E-state index in [4.69, 9.17) is 4.42 Å². The molecule has 0 bridgehead atoms. The number of carbonyl (C=O) groups is 1. The van der Waals surface area contributed by atoms with Crippen molar-refractivity contribution in [2.24, 2.45) is 0 Å². The van der Waals surface area contributed by atoms with Crippen molar-refractivity contribution in [3.05, 3.63) is 82.8 Å². The summed E-state index contributed by atoms with van der Waals surface area (Å²) in [5, 5.41) is 0. The van der Waals surface area contributed by atoms with E-state index in [2.05, 4.69) is 75.1 Å². The van der Waals surface area contributed by atoms with E-state index in [0.29, 0.717) is 18.8 Å². The molecule has 2 aromatic carbocycles. The van der Waals surface area contributed by atoms with Crippen molar-refractivity contribution in [1.29, 1.82) is 0 Å². The summed E-state index contributed by atoms with van der Waals surface area (Å²) >= 11 is 1.76. The molecule has 0 radical (unpaired) electrons. The monoisotopic (exact) mass is 434 g/mol. The van der Waals surface area contributed by atoms with E-state index in [0.717, 1.165) is 18.1 Å². The van der Waals surface area contributed by atoms with Gasteiger partial charge in [-0.05, 0) is 68.7 Å². The Hall–Kier alpha value is -2.66. The molecule has 1 fully saturated rings. The minimum Gasteiger partial charge on any atom is -0.455 e. The van der Waals surface area contributed by atoms with Crippen LogP contribution in [0.2, 0.25) is 0 Å². The highest BCUT2D eigenvalue weighted by atomic mass is 32.2. The highest BCUT2D eigenvalue weighted by Gasteiger charge is 2.29. The number of hydrogen-bond donors (Lipinski definition) is 0. The molecule has 3 aromatic rings. The lowest BCUT2D eigenvalue weighted by atomic mass is 10.1. The second-order valence-corrected chi connectivity index (χ2v) is 9.39. The van der Waals surface area contributed by atoms with Gasteiger partial charge < -0.3 is 14.2 Å². The van der Waals surface area contributed by atoms with Crippen LogP contribution < -0.4 is 4.90 Å². The number of furan rings is 1. The molecule has 1 amide bonds. The molecule has 162 valence electrons. The van der Waals surface area contributed by atoms with Crippen LogP contribution in [0.1, 0.15) is 39.9 Å². The topological polar surface area (TPSA) is 36.7 Å². The molecule has 1 aliphatic rings. The van der Waals surface area contributed by atoms with E-state index in [1.54, 1.807) is 11.8 Å². The van der Waals surface area contributed by atoms with Gasteiger partial charge in [-0.15, -0.1) is 11.8 Å². The zero-order valence-corrected chi connectivity index (χ0v) is 19.5. The van der Waals surface area contributed by atoms with E-state index in [1.807, 2.05) is 17.0 Å². The van der Waals surface area contributed by atoms with Gasteiger partial charge in [0, 0.05) is 36.3 Å². The zero-order chi connectivity index (χ0) is 22.0. The maximum Gasteiger partial charge on any atom is 0.289 e. The van der Waals surface area contributed by atoms with Crippen LogP contribution in [0.4, 0.5) is 5.69 Å². The number of rotatable bonds is 5. The summed E-state index contributed by atoms with van der Waals surface area (Å²) in [6, 6.07) is 18.9. The summed E-state index contributed by atoms with van der Waals surface area (Å²) in [5.74, 6) is 1.98. The lowest BCUT2D eigenvalue weighted by molar-refractivity contribution is 0.0693. The normalized spacial score (nSPS) is 16.6. The van der Waals surface area contributed by atoms with Gasteiger partial charge in [-0.25, -0.2) is 0 Å². The van der Waals surface area contributed by atoms with E-state index in [-0.39, 0.29) is 11.9 Å². The predicted molar refractivity (Wildman–Crippen MR) is 128 cm³/mol. The van der Waals surface area contributed by atoms with Crippen LogP contribution in [0.15, 0.2) is 63.9 Å². The number of aryl methyl sites for hydroxylation is 3. The Labute approximate surface area is 189 Å². The predicted octanol–water partition coefficient (Wildman–Crippen LogP) is 5.85. The number of anilines is 1. The van der Waals surface area contributed by atoms with E-state index >= 15 is 0 Å². The Morgan fingerprint density at radius 2 is 1.77 bits per heavy atom. The average molecular weight is 435 g/mol. The Kier molecular flexibility index (Phi) is 6.42. The highest BCUT2D eigenvalue weighted by molar-refractivity contribution is 7.98. The number of benzene rings is 2. The fourth-order valence-electron chi connectivity index (χ4n) is 4.23. The number of piperazine rings is 1. The molecule has 1 aliphatic heterocycles. The van der Waals surface area contributed by atoms with Crippen molar-refractivity contribution in [3.63, 3.8) is 0 Å². The lowest BCUT2D eigenvalue weighted by Crippen LogP contribution is -2.53. The van der Waals surface area contributed by atoms with E-state index in [9.17, 15) is 4.79 Å². The molecular formula is C26H30N2O2S. The molecule has 0 saturated carbocycles. The van der Waals surface area contributed by atoms with E-state index < -0.39 is 0 Å². The number of carbonyl (C=O) groups excluding carboxylic acids is 1. The molecular weight excluding hydrogens is 404 g/mol. The summed E-state index contributed by atoms with van der Waals surface area (Å²) in [7, 11) is 0. The third-order valence-corrected chi connectivity index (χ3v) is 7.25. The minimum absolute atomic E-state index is 0.0148. The zero-order valence-electron chi connectivity index (χ0n) is 18.7. The third kappa shape index (κ3) is 4.82. The molecule has 1 unspecified atom stereocenters. The summed E-state index contributed by atoms with van der Waals surface area (Å²) in [6.45, 7) is 10.8. The second kappa shape index (κ2) is 9.23. The molecule has 1 aromatic heterocycles. The van der Waals surface area contributed by atoms with Crippen molar-refractivity contribution in [2.75, 3.05) is 24.5 Å². The second-order valence-electron chi connectivity index (χ2n) is 8.41. The standard InChI is InChI=1S/C26H30N2O2S/c1-18-7-5-10-22(15-18)28-14-13-27(16-21(28)4)26(29)24-12-11-23(30-24)17-31-25-19(2)8-6-9-20(25)3/h5-12,15,21H,13-14,16-17H2,1-4H3. The first-order valence-electron chi connectivity index (χ1n) is 10.8. The molecule has 0 aliphatic carbocycles. The van der Waals surface area contributed by atoms with Crippen LogP contribution in [-0.2, 0) is 5.75 Å². The largest absolute Gasteiger partial charge is 0.455 e. The fraction of sp³-hybridized carbons (Fsp3) is 0.346. The van der Waals surface area contributed by atoms with Gasteiger partial charge in [-0.3, -0.25) is 4.79 Å². The molecule has 4 rings (SSSR count). The molecule has 0 N–H and O–H groups in total. The van der Waals surface area contributed by atoms with Crippen molar-refractivity contribution in [2.45, 2.75) is 44.4 Å². The molecule has 0 spiro atoms. The Bertz CT molecular complexity index is 1050. The molecule has 31 heavy (non-hydrogen) atoms. The highest BCUT2D eigenvalue weighted by Crippen LogP contribution is 2.30. The average Bonchev–Trinajstić information content (AvgIpc) is 3.22. The van der Waals surface area contributed by atoms with Gasteiger partial charge in [0.15, 0.2) is 5.76 Å². The summed E-state index contributed by atoms with van der Waals surface area (Å²) < 4.78 is 5.94. The van der Waals surface area contributed by atoms with Crippen LogP contribution >= 0.6 is 11.8 Å². The van der Waals surface area contributed by atoms with Crippen molar-refractivity contribution >= 4 is 23.4 Å². The number of thioether (sulfide) groups is 1. The van der Waals surface area contributed by atoms with Gasteiger partial charge in [0.25, 0.3) is 5.91 Å². The van der Waals surface area contributed by atoms with Gasteiger partial charge in [0.05, 0.1) is 5.75 Å². The smallest absolute Gasteiger partial charge is 0.289 e. The van der Waals surface area contributed by atoms with Crippen molar-refractivity contribution in [1.82, 2.24) is 4.90 Å². The quantitative estimate of drug-likeness (QED) is 0.472. The number of nitrogens with zero attached hydrogens (tertiary/aromatic N) is 2. The molecule has 5 heteroatoms. The Morgan fingerprint density at radius 3 is 2.48 bits per heavy atom. The van der Waals surface area contributed by atoms with Gasteiger partial charge in [0.1, 0.15) is 5.76 Å². The SMILES string of the molecule is Cc1cccc(N2CCN(C(=O)c3ccc(CSc4c(C)cccc4C)o3)CC2C)c1. The lowest BCUT2D eigenvalue weighted by Gasteiger charge is -2.41. The van der Waals surface area contributed by atoms with Gasteiger partial charge in [-0.1, -0.05) is 30.3 Å². The van der Waals surface area contributed by atoms with Crippen LogP contribution in [0.25, 0.3) is 0 Å². The van der Waals surface area contributed by atoms with Crippen LogP contribution in [0.3, 0.4) is 0 Å². The van der Waals surface area contributed by atoms with Crippen LogP contribution in [0.5, 0.6) is 0 Å². The van der Waals surface area contributed by atoms with Crippen molar-refractivity contribution in [3.8, 4) is 0 Å². The van der Waals surface area contributed by atoms with Crippen molar-refractivity contribution < 1.29 is 9.21 Å². The first-order chi connectivity index (χ1) is 14.9. The third-order valence-electron chi connectivity index (χ3n) is 5.89. The summed E-state index contributed by atoms with van der Waals surface area (Å²) in [6.07, 6.45) is 0. The fourth-order valence-corrected chi connectivity index (χ4v) is 5.26. The van der Waals surface area contributed by atoms with Crippen LogP contribution in [0, 0.1) is 20.8 Å². The molecule has 1 atom stereocenters.